The summed E-state index contributed by atoms with van der Waals surface area (Å²) in [4.78, 5) is 12.5. The Morgan fingerprint density at radius 2 is 2.31 bits per heavy atom. The number of ketones is 1. The van der Waals surface area contributed by atoms with E-state index in [2.05, 4.69) is 0 Å². The van der Waals surface area contributed by atoms with Gasteiger partial charge in [-0.2, -0.15) is 0 Å². The lowest BCUT2D eigenvalue weighted by Gasteiger charge is -2.14. The van der Waals surface area contributed by atoms with Crippen molar-refractivity contribution in [2.24, 2.45) is 0 Å². The highest BCUT2D eigenvalue weighted by atomic mass is 32.2. The van der Waals surface area contributed by atoms with E-state index in [1.807, 2.05) is 12.1 Å². The lowest BCUT2D eigenvalue weighted by Crippen LogP contribution is -2.08. The maximum atomic E-state index is 11.5. The highest BCUT2D eigenvalue weighted by Gasteiger charge is 2.17. The fourth-order valence-corrected chi connectivity index (χ4v) is 2.41. The number of benzene rings is 1. The molecule has 0 aromatic heterocycles. The first-order valence-corrected chi connectivity index (χ1v) is 5.19. The Hall–Kier alpha value is -0.800. The van der Waals surface area contributed by atoms with Gasteiger partial charge in [-0.15, -0.1) is 11.8 Å². The van der Waals surface area contributed by atoms with Crippen LogP contribution in [0.15, 0.2) is 23.1 Å². The van der Waals surface area contributed by atoms with Crippen LogP contribution in [-0.2, 0) is 6.61 Å². The molecule has 1 aromatic rings. The van der Waals surface area contributed by atoms with Crippen LogP contribution < -0.4 is 0 Å². The van der Waals surface area contributed by atoms with E-state index in [-0.39, 0.29) is 12.4 Å². The molecule has 0 bridgehead atoms. The number of thioether (sulfide) groups is 1. The number of carbonyl (C=O) groups excluding carboxylic acids is 1. The highest BCUT2D eigenvalue weighted by Crippen LogP contribution is 2.30. The topological polar surface area (TPSA) is 37.3 Å². The van der Waals surface area contributed by atoms with Crippen molar-refractivity contribution < 1.29 is 9.90 Å². The summed E-state index contributed by atoms with van der Waals surface area (Å²) in [5, 5.41) is 8.91. The SMILES string of the molecule is O=C1CCSc2ccc(CO)cc21. The van der Waals surface area contributed by atoms with Gasteiger partial charge in [0.05, 0.1) is 6.61 Å². The van der Waals surface area contributed by atoms with Gasteiger partial charge in [-0.1, -0.05) is 6.07 Å². The van der Waals surface area contributed by atoms with Gasteiger partial charge >= 0.3 is 0 Å². The van der Waals surface area contributed by atoms with Crippen LogP contribution in [0.4, 0.5) is 0 Å². The molecule has 0 aliphatic carbocycles. The molecule has 0 saturated heterocycles. The second-order valence-electron chi connectivity index (χ2n) is 3.01. The summed E-state index contributed by atoms with van der Waals surface area (Å²) in [6.07, 6.45) is 0.618. The Kier molecular flexibility index (Phi) is 2.38. The Balaban J connectivity index is 2.47. The summed E-state index contributed by atoms with van der Waals surface area (Å²) in [7, 11) is 0. The minimum absolute atomic E-state index is 0.00519. The smallest absolute Gasteiger partial charge is 0.164 e. The zero-order valence-electron chi connectivity index (χ0n) is 7.12. The van der Waals surface area contributed by atoms with Crippen molar-refractivity contribution >= 4 is 17.5 Å². The molecule has 3 heteroatoms. The molecule has 0 amide bonds. The lowest BCUT2D eigenvalue weighted by atomic mass is 10.1. The molecule has 1 aliphatic heterocycles. The molecule has 1 N–H and O–H groups in total. The summed E-state index contributed by atoms with van der Waals surface area (Å²) < 4.78 is 0. The van der Waals surface area contributed by atoms with Crippen LogP contribution in [0.25, 0.3) is 0 Å². The van der Waals surface area contributed by atoms with E-state index < -0.39 is 0 Å². The van der Waals surface area contributed by atoms with Crippen molar-refractivity contribution in [3.63, 3.8) is 0 Å². The fourth-order valence-electron chi connectivity index (χ4n) is 1.41. The minimum atomic E-state index is 0.00519. The Morgan fingerprint density at radius 1 is 1.46 bits per heavy atom. The molecule has 0 saturated carbocycles. The monoisotopic (exact) mass is 194 g/mol. The average molecular weight is 194 g/mol. The summed E-state index contributed by atoms with van der Waals surface area (Å²) in [5.41, 5.74) is 1.59. The number of aliphatic hydroxyl groups is 1. The third-order valence-electron chi connectivity index (χ3n) is 2.11. The van der Waals surface area contributed by atoms with Gasteiger partial charge in [0.2, 0.25) is 0 Å². The van der Waals surface area contributed by atoms with Crippen molar-refractivity contribution in [3.05, 3.63) is 29.3 Å². The molecule has 68 valence electrons. The molecule has 1 aliphatic rings. The van der Waals surface area contributed by atoms with Gasteiger partial charge in [0, 0.05) is 22.6 Å². The predicted molar refractivity (Wildman–Crippen MR) is 52.0 cm³/mol. The molecule has 0 fully saturated rings. The number of aliphatic hydroxyl groups excluding tert-OH is 1. The first-order chi connectivity index (χ1) is 6.31. The van der Waals surface area contributed by atoms with E-state index in [4.69, 9.17) is 5.11 Å². The van der Waals surface area contributed by atoms with Crippen LogP contribution in [0.3, 0.4) is 0 Å². The number of carbonyl (C=O) groups is 1. The number of Topliss-reactive ketones (excluding diaryl/α,β-unsaturated/α-hetero) is 1. The molecule has 0 radical (unpaired) electrons. The molecular formula is C10H10O2S. The minimum Gasteiger partial charge on any atom is -0.392 e. The first kappa shape index (κ1) is 8.78. The van der Waals surface area contributed by atoms with E-state index >= 15 is 0 Å². The Bertz CT molecular complexity index is 347. The van der Waals surface area contributed by atoms with Gasteiger partial charge in [0.15, 0.2) is 5.78 Å². The van der Waals surface area contributed by atoms with Crippen LogP contribution >= 0.6 is 11.8 Å². The molecule has 1 aromatic carbocycles. The summed E-state index contributed by atoms with van der Waals surface area (Å²) in [6, 6.07) is 5.58. The molecule has 13 heavy (non-hydrogen) atoms. The standard InChI is InChI=1S/C10H10O2S/c11-6-7-1-2-10-8(5-7)9(12)3-4-13-10/h1-2,5,11H,3-4,6H2. The largest absolute Gasteiger partial charge is 0.392 e. The number of hydrogen-bond acceptors (Lipinski definition) is 3. The van der Waals surface area contributed by atoms with Crippen molar-refractivity contribution in [3.8, 4) is 0 Å². The van der Waals surface area contributed by atoms with Gasteiger partial charge in [-0.3, -0.25) is 4.79 Å². The van der Waals surface area contributed by atoms with Crippen molar-refractivity contribution in [2.45, 2.75) is 17.9 Å². The van der Waals surface area contributed by atoms with Crippen molar-refractivity contribution in [2.75, 3.05) is 5.75 Å². The van der Waals surface area contributed by atoms with Crippen molar-refractivity contribution in [1.82, 2.24) is 0 Å². The molecule has 0 spiro atoms. The number of rotatable bonds is 1. The molecule has 0 atom stereocenters. The third kappa shape index (κ3) is 1.62. The van der Waals surface area contributed by atoms with Crippen LogP contribution in [0.5, 0.6) is 0 Å². The van der Waals surface area contributed by atoms with Crippen LogP contribution in [0.1, 0.15) is 22.3 Å². The summed E-state index contributed by atoms with van der Waals surface area (Å²) in [5.74, 6) is 1.08. The highest BCUT2D eigenvalue weighted by molar-refractivity contribution is 7.99. The first-order valence-electron chi connectivity index (χ1n) is 4.21. The van der Waals surface area contributed by atoms with E-state index in [0.29, 0.717) is 6.42 Å². The summed E-state index contributed by atoms with van der Waals surface area (Å²) >= 11 is 1.71. The second-order valence-corrected chi connectivity index (χ2v) is 4.15. The van der Waals surface area contributed by atoms with Gasteiger partial charge in [0.25, 0.3) is 0 Å². The van der Waals surface area contributed by atoms with Gasteiger partial charge in [0.1, 0.15) is 0 Å². The Morgan fingerprint density at radius 3 is 3.08 bits per heavy atom. The molecule has 0 unspecified atom stereocenters. The molecule has 1 heterocycles. The van der Waals surface area contributed by atoms with Crippen LogP contribution in [0, 0.1) is 0 Å². The van der Waals surface area contributed by atoms with Gasteiger partial charge < -0.3 is 5.11 Å². The number of fused-ring (bicyclic) bond motifs is 1. The van der Waals surface area contributed by atoms with E-state index in [1.54, 1.807) is 17.8 Å². The maximum Gasteiger partial charge on any atom is 0.164 e. The zero-order valence-corrected chi connectivity index (χ0v) is 7.93. The third-order valence-corrected chi connectivity index (χ3v) is 3.19. The van der Waals surface area contributed by atoms with Crippen LogP contribution in [-0.4, -0.2) is 16.6 Å². The lowest BCUT2D eigenvalue weighted by molar-refractivity contribution is 0.0984. The second kappa shape index (κ2) is 3.52. The fraction of sp³-hybridized carbons (Fsp3) is 0.300. The van der Waals surface area contributed by atoms with Gasteiger partial charge in [-0.25, -0.2) is 0 Å². The number of hydrogen-bond donors (Lipinski definition) is 1. The zero-order chi connectivity index (χ0) is 9.26. The van der Waals surface area contributed by atoms with E-state index in [9.17, 15) is 4.79 Å². The normalized spacial score (nSPS) is 15.6. The quantitative estimate of drug-likeness (QED) is 0.741. The van der Waals surface area contributed by atoms with Gasteiger partial charge in [-0.05, 0) is 17.7 Å². The average Bonchev–Trinajstić information content (AvgIpc) is 2.18. The predicted octanol–water partition coefficient (Wildman–Crippen LogP) is 1.86. The molecular weight excluding hydrogens is 184 g/mol. The maximum absolute atomic E-state index is 11.5. The molecule has 2 nitrogen and oxygen atoms in total. The van der Waals surface area contributed by atoms with E-state index in [0.717, 1.165) is 21.8 Å². The molecule has 2 rings (SSSR count). The Labute approximate surface area is 81.0 Å². The van der Waals surface area contributed by atoms with Crippen molar-refractivity contribution in [1.29, 1.82) is 0 Å². The summed E-state index contributed by atoms with van der Waals surface area (Å²) in [6.45, 7) is 0.00519. The van der Waals surface area contributed by atoms with E-state index in [1.165, 1.54) is 0 Å². The van der Waals surface area contributed by atoms with Crippen LogP contribution in [0.2, 0.25) is 0 Å².